The van der Waals surface area contributed by atoms with E-state index in [1.807, 2.05) is 54.6 Å². The number of anilines is 1. The largest absolute Gasteiger partial charge is 0.321 e. The number of fused-ring (bicyclic) bond motifs is 1. The Morgan fingerprint density at radius 1 is 1.00 bits per heavy atom. The highest BCUT2D eigenvalue weighted by atomic mass is 79.9. The SMILES string of the molecule is O=C(Nc1cccc2ccccc12)c1cc(S)ccc1Br. The standard InChI is InChI=1S/C17H12BrNOS/c18-15-9-8-12(21)10-14(15)17(20)19-16-7-3-5-11-4-1-2-6-13(11)16/h1-10,21H,(H,19,20). The Hall–Kier alpha value is -1.78. The highest BCUT2D eigenvalue weighted by molar-refractivity contribution is 9.10. The number of carbonyl (C=O) groups is 1. The van der Waals surface area contributed by atoms with Crippen molar-refractivity contribution in [2.45, 2.75) is 4.90 Å². The maximum Gasteiger partial charge on any atom is 0.256 e. The van der Waals surface area contributed by atoms with E-state index in [0.717, 1.165) is 25.8 Å². The summed E-state index contributed by atoms with van der Waals surface area (Å²) in [6, 6.07) is 19.2. The molecular weight excluding hydrogens is 346 g/mol. The van der Waals surface area contributed by atoms with Crippen LogP contribution in [0.1, 0.15) is 10.4 Å². The molecule has 3 rings (SSSR count). The zero-order valence-electron chi connectivity index (χ0n) is 11.0. The molecule has 0 saturated heterocycles. The molecule has 0 atom stereocenters. The molecule has 0 saturated carbocycles. The van der Waals surface area contributed by atoms with Crippen molar-refractivity contribution >= 4 is 50.9 Å². The number of rotatable bonds is 2. The third kappa shape index (κ3) is 2.96. The fourth-order valence-electron chi connectivity index (χ4n) is 2.21. The van der Waals surface area contributed by atoms with Crippen molar-refractivity contribution in [3.63, 3.8) is 0 Å². The topological polar surface area (TPSA) is 29.1 Å². The second-order valence-electron chi connectivity index (χ2n) is 4.64. The Kier molecular flexibility index (Phi) is 3.99. The molecule has 1 amide bonds. The van der Waals surface area contributed by atoms with Crippen molar-refractivity contribution in [3.8, 4) is 0 Å². The highest BCUT2D eigenvalue weighted by Crippen LogP contribution is 2.25. The number of thiol groups is 1. The van der Waals surface area contributed by atoms with E-state index in [4.69, 9.17) is 0 Å². The minimum absolute atomic E-state index is 0.158. The zero-order chi connectivity index (χ0) is 14.8. The molecule has 0 aliphatic carbocycles. The van der Waals surface area contributed by atoms with E-state index >= 15 is 0 Å². The molecule has 0 unspecified atom stereocenters. The van der Waals surface area contributed by atoms with E-state index in [2.05, 4.69) is 33.9 Å². The molecule has 3 aromatic rings. The fourth-order valence-corrected chi connectivity index (χ4v) is 2.84. The van der Waals surface area contributed by atoms with Gasteiger partial charge in [-0.3, -0.25) is 4.79 Å². The minimum Gasteiger partial charge on any atom is -0.321 e. The monoisotopic (exact) mass is 357 g/mol. The average Bonchev–Trinajstić information content (AvgIpc) is 2.50. The van der Waals surface area contributed by atoms with E-state index < -0.39 is 0 Å². The summed E-state index contributed by atoms with van der Waals surface area (Å²) in [7, 11) is 0. The molecule has 3 aromatic carbocycles. The summed E-state index contributed by atoms with van der Waals surface area (Å²) in [6.45, 7) is 0. The lowest BCUT2D eigenvalue weighted by Gasteiger charge is -2.10. The van der Waals surface area contributed by atoms with E-state index in [1.165, 1.54) is 0 Å². The van der Waals surface area contributed by atoms with Crippen LogP contribution in [0.5, 0.6) is 0 Å². The molecule has 2 nitrogen and oxygen atoms in total. The van der Waals surface area contributed by atoms with Gasteiger partial charge >= 0.3 is 0 Å². The first-order valence-electron chi connectivity index (χ1n) is 6.43. The zero-order valence-corrected chi connectivity index (χ0v) is 13.5. The van der Waals surface area contributed by atoms with Crippen molar-refractivity contribution in [3.05, 3.63) is 70.7 Å². The summed E-state index contributed by atoms with van der Waals surface area (Å²) in [6.07, 6.45) is 0. The first-order chi connectivity index (χ1) is 10.1. The second kappa shape index (κ2) is 5.92. The van der Waals surface area contributed by atoms with E-state index in [9.17, 15) is 4.79 Å². The number of carbonyl (C=O) groups excluding carboxylic acids is 1. The van der Waals surface area contributed by atoms with Gasteiger partial charge in [-0.2, -0.15) is 0 Å². The molecule has 104 valence electrons. The van der Waals surface area contributed by atoms with Crippen molar-refractivity contribution in [1.82, 2.24) is 0 Å². The van der Waals surface area contributed by atoms with Crippen LogP contribution in [0.2, 0.25) is 0 Å². The van der Waals surface area contributed by atoms with Crippen molar-refractivity contribution < 1.29 is 4.79 Å². The van der Waals surface area contributed by atoms with Gasteiger partial charge in [0.25, 0.3) is 5.91 Å². The van der Waals surface area contributed by atoms with Crippen LogP contribution < -0.4 is 5.32 Å². The predicted molar refractivity (Wildman–Crippen MR) is 93.3 cm³/mol. The van der Waals surface area contributed by atoms with Gasteiger partial charge in [0.15, 0.2) is 0 Å². The summed E-state index contributed by atoms with van der Waals surface area (Å²) >= 11 is 7.68. The lowest BCUT2D eigenvalue weighted by atomic mass is 10.1. The lowest BCUT2D eigenvalue weighted by molar-refractivity contribution is 0.102. The lowest BCUT2D eigenvalue weighted by Crippen LogP contribution is -2.12. The molecule has 0 radical (unpaired) electrons. The van der Waals surface area contributed by atoms with Crippen molar-refractivity contribution in [2.24, 2.45) is 0 Å². The Bertz CT molecular complexity index is 827. The number of hydrogen-bond donors (Lipinski definition) is 2. The van der Waals surface area contributed by atoms with Crippen LogP contribution >= 0.6 is 28.6 Å². The van der Waals surface area contributed by atoms with Crippen molar-refractivity contribution in [1.29, 1.82) is 0 Å². The van der Waals surface area contributed by atoms with E-state index in [-0.39, 0.29) is 5.91 Å². The van der Waals surface area contributed by atoms with Crippen LogP contribution in [0.4, 0.5) is 5.69 Å². The summed E-state index contributed by atoms with van der Waals surface area (Å²) < 4.78 is 0.748. The van der Waals surface area contributed by atoms with Gasteiger partial charge < -0.3 is 5.32 Å². The molecule has 0 spiro atoms. The van der Waals surface area contributed by atoms with Crippen LogP contribution in [0, 0.1) is 0 Å². The molecule has 0 bridgehead atoms. The number of hydrogen-bond acceptors (Lipinski definition) is 2. The van der Waals surface area contributed by atoms with Gasteiger partial charge in [0.05, 0.1) is 5.56 Å². The third-order valence-electron chi connectivity index (χ3n) is 3.23. The van der Waals surface area contributed by atoms with Crippen LogP contribution in [-0.2, 0) is 0 Å². The Morgan fingerprint density at radius 3 is 2.62 bits per heavy atom. The second-order valence-corrected chi connectivity index (χ2v) is 6.02. The molecule has 0 aliphatic rings. The Balaban J connectivity index is 1.99. The molecule has 0 aliphatic heterocycles. The Labute approximate surface area is 136 Å². The number of nitrogens with one attached hydrogen (secondary N) is 1. The average molecular weight is 358 g/mol. The summed E-state index contributed by atoms with van der Waals surface area (Å²) in [5.74, 6) is -0.158. The third-order valence-corrected chi connectivity index (χ3v) is 4.20. The number of halogens is 1. The summed E-state index contributed by atoms with van der Waals surface area (Å²) in [4.78, 5) is 13.2. The van der Waals surface area contributed by atoms with E-state index in [0.29, 0.717) is 5.56 Å². The molecule has 4 heteroatoms. The first kappa shape index (κ1) is 14.2. The normalized spacial score (nSPS) is 10.6. The quantitative estimate of drug-likeness (QED) is 0.610. The molecule has 0 aromatic heterocycles. The predicted octanol–water partition coefficient (Wildman–Crippen LogP) is 5.14. The Morgan fingerprint density at radius 2 is 1.76 bits per heavy atom. The van der Waals surface area contributed by atoms with E-state index in [1.54, 1.807) is 6.07 Å². The van der Waals surface area contributed by atoms with Gasteiger partial charge in [0, 0.05) is 20.4 Å². The van der Waals surface area contributed by atoms with Crippen molar-refractivity contribution in [2.75, 3.05) is 5.32 Å². The number of amides is 1. The minimum atomic E-state index is -0.158. The van der Waals surface area contributed by atoms with Crippen LogP contribution in [0.25, 0.3) is 10.8 Å². The summed E-state index contributed by atoms with van der Waals surface area (Å²) in [5.41, 5.74) is 1.37. The smallest absolute Gasteiger partial charge is 0.256 e. The maximum absolute atomic E-state index is 12.5. The first-order valence-corrected chi connectivity index (χ1v) is 7.67. The van der Waals surface area contributed by atoms with Gasteiger partial charge in [-0.05, 0) is 45.6 Å². The van der Waals surface area contributed by atoms with Gasteiger partial charge in [0.1, 0.15) is 0 Å². The van der Waals surface area contributed by atoms with Crippen LogP contribution in [0.15, 0.2) is 70.0 Å². The molecular formula is C17H12BrNOS. The van der Waals surface area contributed by atoms with Gasteiger partial charge in [0.2, 0.25) is 0 Å². The molecule has 1 N–H and O–H groups in total. The van der Waals surface area contributed by atoms with Gasteiger partial charge in [-0.15, -0.1) is 12.6 Å². The van der Waals surface area contributed by atoms with Crippen LogP contribution in [0.3, 0.4) is 0 Å². The molecule has 0 heterocycles. The summed E-state index contributed by atoms with van der Waals surface area (Å²) in [5, 5.41) is 5.08. The number of benzene rings is 3. The van der Waals surface area contributed by atoms with Gasteiger partial charge in [-0.1, -0.05) is 36.4 Å². The highest BCUT2D eigenvalue weighted by Gasteiger charge is 2.12. The molecule has 21 heavy (non-hydrogen) atoms. The molecule has 0 fully saturated rings. The fraction of sp³-hybridized carbons (Fsp3) is 0. The van der Waals surface area contributed by atoms with Crippen LogP contribution in [-0.4, -0.2) is 5.91 Å². The maximum atomic E-state index is 12.5. The van der Waals surface area contributed by atoms with Gasteiger partial charge in [-0.25, -0.2) is 0 Å².